The van der Waals surface area contributed by atoms with E-state index in [2.05, 4.69) is 16.7 Å². The number of nitrogens with one attached hydrogen (secondary N) is 2. The maximum Gasteiger partial charge on any atom is 0.338 e. The zero-order valence-electron chi connectivity index (χ0n) is 35.0. The zero-order chi connectivity index (χ0) is 43.3. The van der Waals surface area contributed by atoms with Crippen molar-refractivity contribution < 1.29 is 53.1 Å². The maximum atomic E-state index is 14.1. The molecule has 2 aliphatic carbocycles. The van der Waals surface area contributed by atoms with E-state index in [1.165, 1.54) is 6.92 Å². The number of aliphatic hydroxyl groups excluding tert-OH is 2. The fraction of sp³-hybridized carbons (Fsp3) is 0.458. The Morgan fingerprint density at radius 3 is 2.26 bits per heavy atom. The van der Waals surface area contributed by atoms with Crippen molar-refractivity contribution in [2.75, 3.05) is 6.61 Å². The van der Waals surface area contributed by atoms with Gasteiger partial charge < -0.3 is 44.5 Å². The third-order valence-corrected chi connectivity index (χ3v) is 11.4. The van der Waals surface area contributed by atoms with E-state index in [1.54, 1.807) is 45.0 Å². The fourth-order valence-electron chi connectivity index (χ4n) is 8.25. The first-order valence-electron chi connectivity index (χ1n) is 21.2. The molecule has 13 nitrogen and oxygen atoms in total. The van der Waals surface area contributed by atoms with E-state index in [1.807, 2.05) is 72.8 Å². The second-order valence-electron chi connectivity index (χ2n) is 17.3. The number of carbonyl (C=O) groups excluding carboxylic acids is 4. The van der Waals surface area contributed by atoms with E-state index in [9.17, 15) is 29.4 Å². The van der Waals surface area contributed by atoms with E-state index in [4.69, 9.17) is 23.7 Å². The summed E-state index contributed by atoms with van der Waals surface area (Å²) in [6.45, 7) is 6.08. The van der Waals surface area contributed by atoms with Gasteiger partial charge in [0.25, 0.3) is 0 Å². The smallest absolute Gasteiger partial charge is 0.338 e. The number of rotatable bonds is 15. The molecule has 2 saturated heterocycles. The lowest BCUT2D eigenvalue weighted by molar-refractivity contribution is -0.157. The molecule has 2 amide bonds. The van der Waals surface area contributed by atoms with Gasteiger partial charge in [-0.3, -0.25) is 14.4 Å². The summed E-state index contributed by atoms with van der Waals surface area (Å²) < 4.78 is 30.9. The van der Waals surface area contributed by atoms with Crippen LogP contribution >= 0.6 is 0 Å². The second-order valence-corrected chi connectivity index (χ2v) is 17.3. The molecule has 0 bridgehead atoms. The molecule has 9 atom stereocenters. The third kappa shape index (κ3) is 10.8. The van der Waals surface area contributed by atoms with Gasteiger partial charge in [0.2, 0.25) is 17.6 Å². The summed E-state index contributed by atoms with van der Waals surface area (Å²) in [5.41, 5.74) is 2.00. The molecule has 4 N–H and O–H groups in total. The summed E-state index contributed by atoms with van der Waals surface area (Å²) in [7, 11) is 0. The fourth-order valence-corrected chi connectivity index (χ4v) is 8.25. The molecule has 3 unspecified atom stereocenters. The van der Waals surface area contributed by atoms with E-state index in [0.717, 1.165) is 24.8 Å². The number of hydrogen-bond donors (Lipinski definition) is 4. The van der Waals surface area contributed by atoms with Crippen molar-refractivity contribution in [2.45, 2.75) is 126 Å². The molecule has 324 valence electrons. The van der Waals surface area contributed by atoms with E-state index >= 15 is 0 Å². The van der Waals surface area contributed by atoms with Gasteiger partial charge in [-0.2, -0.15) is 0 Å². The minimum absolute atomic E-state index is 0.0662. The SMILES string of the molecule is C[C@H](O)[C@@H](NC(=O)C1=C[C@H]2OC(c3ccccc3)(c3ccccc3)O[C@H]2[C@H](OC(=O)c2cccc(C=CC3CCC4OC4C3)c2)C1)C(=O)N[C@H](CO)CCC(=O)OC(C)(C)C. The number of ether oxygens (including phenoxy) is 5. The number of fused-ring (bicyclic) bond motifs is 2. The molecule has 0 radical (unpaired) electrons. The van der Waals surface area contributed by atoms with Crippen LogP contribution < -0.4 is 10.6 Å². The molecular weight excluding hydrogens is 781 g/mol. The highest BCUT2D eigenvalue weighted by Gasteiger charge is 2.55. The quantitative estimate of drug-likeness (QED) is 0.116. The predicted molar refractivity (Wildman–Crippen MR) is 224 cm³/mol. The Hall–Kier alpha value is -5.18. The Bertz CT molecular complexity index is 2060. The van der Waals surface area contributed by atoms with Crippen molar-refractivity contribution >= 4 is 29.8 Å². The molecular formula is C48H56N2O11. The number of benzene rings is 3. The van der Waals surface area contributed by atoms with Crippen molar-refractivity contribution in [1.82, 2.24) is 10.6 Å². The Morgan fingerprint density at radius 2 is 1.62 bits per heavy atom. The maximum absolute atomic E-state index is 14.1. The van der Waals surface area contributed by atoms with Crippen molar-refractivity contribution in [3.05, 3.63) is 125 Å². The Morgan fingerprint density at radius 1 is 0.918 bits per heavy atom. The molecule has 3 fully saturated rings. The first-order valence-corrected chi connectivity index (χ1v) is 21.2. The number of amides is 2. The van der Waals surface area contributed by atoms with Crippen molar-refractivity contribution in [3.8, 4) is 0 Å². The largest absolute Gasteiger partial charge is 0.460 e. The number of aliphatic hydroxyl groups is 2. The summed E-state index contributed by atoms with van der Waals surface area (Å²) in [6.07, 6.45) is 5.46. The van der Waals surface area contributed by atoms with Gasteiger partial charge in [-0.15, -0.1) is 0 Å². The number of epoxide rings is 1. The minimum atomic E-state index is -1.45. The molecule has 2 heterocycles. The number of hydrogen-bond acceptors (Lipinski definition) is 11. The van der Waals surface area contributed by atoms with Crippen LogP contribution in [0, 0.1) is 5.92 Å². The summed E-state index contributed by atoms with van der Waals surface area (Å²) in [4.78, 5) is 54.0. The number of allylic oxidation sites excluding steroid dienone is 1. The topological polar surface area (TPSA) is 182 Å². The average molecular weight is 837 g/mol. The Labute approximate surface area is 356 Å². The first-order chi connectivity index (χ1) is 29.2. The molecule has 4 aliphatic rings. The second kappa shape index (κ2) is 18.8. The van der Waals surface area contributed by atoms with E-state index < -0.39 is 78.2 Å². The molecule has 7 rings (SSSR count). The molecule has 0 aromatic heterocycles. The summed E-state index contributed by atoms with van der Waals surface area (Å²) in [6, 6.07) is 23.6. The molecule has 1 saturated carbocycles. The van der Waals surface area contributed by atoms with Crippen LogP contribution in [-0.4, -0.2) is 94.9 Å². The highest BCUT2D eigenvalue weighted by Crippen LogP contribution is 2.47. The van der Waals surface area contributed by atoms with Gasteiger partial charge >= 0.3 is 11.9 Å². The van der Waals surface area contributed by atoms with Crippen LogP contribution in [0.15, 0.2) is 103 Å². The predicted octanol–water partition coefficient (Wildman–Crippen LogP) is 5.27. The van der Waals surface area contributed by atoms with Gasteiger partial charge in [0.1, 0.15) is 30.0 Å². The van der Waals surface area contributed by atoms with Crippen LogP contribution in [-0.2, 0) is 43.9 Å². The van der Waals surface area contributed by atoms with Crippen LogP contribution in [0.3, 0.4) is 0 Å². The Kier molecular flexibility index (Phi) is 13.6. The van der Waals surface area contributed by atoms with Crippen LogP contribution in [0.1, 0.15) is 93.3 Å². The van der Waals surface area contributed by atoms with Gasteiger partial charge in [0.15, 0.2) is 0 Å². The summed E-state index contributed by atoms with van der Waals surface area (Å²) >= 11 is 0. The summed E-state index contributed by atoms with van der Waals surface area (Å²) in [5, 5.41) is 26.0. The Balaban J connectivity index is 1.12. The van der Waals surface area contributed by atoms with Crippen LogP contribution in [0.25, 0.3) is 6.08 Å². The lowest BCUT2D eigenvalue weighted by atomic mass is 9.88. The normalized spacial score (nSPS) is 25.5. The first kappa shape index (κ1) is 43.9. The van der Waals surface area contributed by atoms with Crippen LogP contribution in [0.5, 0.6) is 0 Å². The molecule has 2 aliphatic heterocycles. The molecule has 13 heteroatoms. The lowest BCUT2D eigenvalue weighted by Crippen LogP contribution is -2.55. The third-order valence-electron chi connectivity index (χ3n) is 11.4. The zero-order valence-corrected chi connectivity index (χ0v) is 35.0. The van der Waals surface area contributed by atoms with Crippen molar-refractivity contribution in [3.63, 3.8) is 0 Å². The van der Waals surface area contributed by atoms with Crippen molar-refractivity contribution in [1.29, 1.82) is 0 Å². The van der Waals surface area contributed by atoms with Crippen molar-refractivity contribution in [2.24, 2.45) is 5.92 Å². The van der Waals surface area contributed by atoms with E-state index in [-0.39, 0.29) is 24.8 Å². The van der Waals surface area contributed by atoms with Gasteiger partial charge in [0, 0.05) is 29.5 Å². The molecule has 0 spiro atoms. The number of carbonyl (C=O) groups is 4. The monoisotopic (exact) mass is 836 g/mol. The van der Waals surface area contributed by atoms with Crippen LogP contribution in [0.4, 0.5) is 0 Å². The molecule has 3 aromatic rings. The average Bonchev–Trinajstić information content (AvgIpc) is 3.91. The van der Waals surface area contributed by atoms with Gasteiger partial charge in [-0.05, 0) is 83.1 Å². The van der Waals surface area contributed by atoms with Crippen LogP contribution in [0.2, 0.25) is 0 Å². The lowest BCUT2D eigenvalue weighted by Gasteiger charge is -2.32. The molecule has 3 aromatic carbocycles. The standard InChI is InChI=1S/C48H56N2O11/c1-29(52)42(45(55)49-36(28-51)21-23-41(53)60-47(2,3)4)50-44(54)33-26-39(58-46(56)32-13-11-12-30(24-32)18-19-31-20-22-37-38(25-31)57-37)43-40(27-33)59-48(61-43,34-14-7-5-8-15-34)35-16-9-6-10-17-35/h5-19,24,27,29,31,36-40,42-43,51-52H,20-23,25-26,28H2,1-4H3,(H,49,55)(H,50,54)/t29-,31?,36-,37?,38?,39+,40+,42+,43-/m0/s1. The molecule has 61 heavy (non-hydrogen) atoms. The van der Waals surface area contributed by atoms with Gasteiger partial charge in [-0.25, -0.2) is 4.79 Å². The highest BCUT2D eigenvalue weighted by molar-refractivity contribution is 5.98. The minimum Gasteiger partial charge on any atom is -0.460 e. The highest BCUT2D eigenvalue weighted by atomic mass is 16.8. The summed E-state index contributed by atoms with van der Waals surface area (Å²) in [5.74, 6) is -3.60. The van der Waals surface area contributed by atoms with E-state index in [0.29, 0.717) is 34.8 Å². The van der Waals surface area contributed by atoms with Gasteiger partial charge in [-0.1, -0.05) is 84.9 Å². The van der Waals surface area contributed by atoms with Gasteiger partial charge in [0.05, 0.1) is 36.5 Å². The number of esters is 2.